The Morgan fingerprint density at radius 1 is 1.27 bits per heavy atom. The molecule has 1 atom stereocenters. The maximum atomic E-state index is 12.5. The molecule has 22 heavy (non-hydrogen) atoms. The zero-order valence-corrected chi connectivity index (χ0v) is 12.1. The number of carbonyl (C=O) groups excluding carboxylic acids is 2. The quantitative estimate of drug-likeness (QED) is 0.814. The molecule has 7 nitrogen and oxygen atoms in total. The van der Waals surface area contributed by atoms with Crippen LogP contribution < -0.4 is 4.90 Å². The van der Waals surface area contributed by atoms with Crippen molar-refractivity contribution >= 4 is 23.5 Å². The van der Waals surface area contributed by atoms with E-state index in [4.69, 9.17) is 4.74 Å². The van der Waals surface area contributed by atoms with E-state index in [0.717, 1.165) is 12.0 Å². The first-order valence-electron chi connectivity index (χ1n) is 6.59. The molecule has 116 valence electrons. The van der Waals surface area contributed by atoms with Crippen LogP contribution in [0, 0.1) is 0 Å². The minimum absolute atomic E-state index is 0.106. The highest BCUT2D eigenvalue weighted by molar-refractivity contribution is 6.19. The Hall–Kier alpha value is -2.83. The van der Waals surface area contributed by atoms with E-state index in [1.165, 1.54) is 0 Å². The Labute approximate surface area is 126 Å². The molecule has 1 aliphatic rings. The number of hydrogen-bond acceptors (Lipinski definition) is 5. The average molecular weight is 305 g/mol. The van der Waals surface area contributed by atoms with Crippen LogP contribution in [0.1, 0.15) is 6.92 Å². The second-order valence-electron chi connectivity index (χ2n) is 4.42. The highest BCUT2D eigenvalue weighted by Crippen LogP contribution is 2.32. The molecular weight excluding hydrogens is 290 g/mol. The SMILES string of the molecule is CCOC1=C(C(=O)O)C(C(=O)OC)N(c2ccccc2)C1=O. The molecule has 0 aliphatic carbocycles. The molecule has 1 aromatic carbocycles. The molecule has 1 aromatic rings. The van der Waals surface area contributed by atoms with Crippen LogP contribution in [0.5, 0.6) is 0 Å². The molecule has 0 radical (unpaired) electrons. The van der Waals surface area contributed by atoms with Crippen LogP contribution in [0.15, 0.2) is 41.7 Å². The van der Waals surface area contributed by atoms with Crippen LogP contribution in [-0.4, -0.2) is 42.7 Å². The third kappa shape index (κ3) is 2.52. The number of carboxylic acids is 1. The summed E-state index contributed by atoms with van der Waals surface area (Å²) in [6, 6.07) is 6.92. The number of methoxy groups -OCH3 is 1. The number of hydrogen-bond donors (Lipinski definition) is 1. The molecule has 1 amide bonds. The topological polar surface area (TPSA) is 93.1 Å². The van der Waals surface area contributed by atoms with Gasteiger partial charge >= 0.3 is 11.9 Å². The van der Waals surface area contributed by atoms with E-state index in [9.17, 15) is 19.5 Å². The predicted molar refractivity (Wildman–Crippen MR) is 76.0 cm³/mol. The molecule has 7 heteroatoms. The number of nitrogens with zero attached hydrogens (tertiary/aromatic N) is 1. The van der Waals surface area contributed by atoms with Gasteiger partial charge in [0.15, 0.2) is 11.8 Å². The van der Waals surface area contributed by atoms with Crippen molar-refractivity contribution in [1.82, 2.24) is 0 Å². The number of amides is 1. The van der Waals surface area contributed by atoms with Gasteiger partial charge < -0.3 is 14.6 Å². The van der Waals surface area contributed by atoms with Crippen molar-refractivity contribution in [1.29, 1.82) is 0 Å². The number of anilines is 1. The molecule has 0 fully saturated rings. The normalized spacial score (nSPS) is 17.6. The number of benzene rings is 1. The van der Waals surface area contributed by atoms with Gasteiger partial charge in [0.25, 0.3) is 5.91 Å². The maximum Gasteiger partial charge on any atom is 0.338 e. The van der Waals surface area contributed by atoms with Gasteiger partial charge in [-0.1, -0.05) is 18.2 Å². The first-order chi connectivity index (χ1) is 10.5. The fraction of sp³-hybridized carbons (Fsp3) is 0.267. The Bertz CT molecular complexity index is 637. The Morgan fingerprint density at radius 2 is 1.91 bits per heavy atom. The van der Waals surface area contributed by atoms with E-state index in [2.05, 4.69) is 4.74 Å². The minimum Gasteiger partial charge on any atom is -0.488 e. The van der Waals surface area contributed by atoms with Gasteiger partial charge in [-0.05, 0) is 19.1 Å². The van der Waals surface area contributed by atoms with Crippen molar-refractivity contribution in [3.63, 3.8) is 0 Å². The second kappa shape index (κ2) is 6.30. The zero-order valence-electron chi connectivity index (χ0n) is 12.1. The van der Waals surface area contributed by atoms with Gasteiger partial charge in [-0.3, -0.25) is 9.69 Å². The van der Waals surface area contributed by atoms with Gasteiger partial charge in [0.2, 0.25) is 0 Å². The summed E-state index contributed by atoms with van der Waals surface area (Å²) in [5.41, 5.74) is -0.0288. The smallest absolute Gasteiger partial charge is 0.338 e. The van der Waals surface area contributed by atoms with E-state index in [1.54, 1.807) is 37.3 Å². The van der Waals surface area contributed by atoms with Crippen molar-refractivity contribution < 1.29 is 29.0 Å². The standard InChI is InChI=1S/C15H15NO6/c1-3-22-12-10(14(18)19)11(15(20)21-2)16(13(12)17)9-7-5-4-6-8-9/h4-8,11H,3H2,1-2H3,(H,18,19). The molecule has 1 N–H and O–H groups in total. The van der Waals surface area contributed by atoms with Crippen LogP contribution in [-0.2, 0) is 23.9 Å². The van der Waals surface area contributed by atoms with Crippen molar-refractivity contribution in [3.05, 3.63) is 41.7 Å². The molecule has 0 spiro atoms. The minimum atomic E-state index is -1.40. The molecule has 0 saturated heterocycles. The summed E-state index contributed by atoms with van der Waals surface area (Å²) >= 11 is 0. The van der Waals surface area contributed by atoms with Gasteiger partial charge in [0, 0.05) is 5.69 Å². The largest absolute Gasteiger partial charge is 0.488 e. The molecule has 2 rings (SSSR count). The van der Waals surface area contributed by atoms with Gasteiger partial charge in [-0.25, -0.2) is 9.59 Å². The zero-order chi connectivity index (χ0) is 16.3. The van der Waals surface area contributed by atoms with E-state index >= 15 is 0 Å². The van der Waals surface area contributed by atoms with Crippen LogP contribution in [0.25, 0.3) is 0 Å². The number of esters is 1. The lowest BCUT2D eigenvalue weighted by Crippen LogP contribution is -2.43. The van der Waals surface area contributed by atoms with Crippen LogP contribution in [0.3, 0.4) is 0 Å². The van der Waals surface area contributed by atoms with Crippen molar-refractivity contribution in [3.8, 4) is 0 Å². The lowest BCUT2D eigenvalue weighted by Gasteiger charge is -2.23. The van der Waals surface area contributed by atoms with Crippen molar-refractivity contribution in [2.75, 3.05) is 18.6 Å². The Kier molecular flexibility index (Phi) is 4.45. The van der Waals surface area contributed by atoms with E-state index in [-0.39, 0.29) is 12.4 Å². The fourth-order valence-corrected chi connectivity index (χ4v) is 2.28. The van der Waals surface area contributed by atoms with Gasteiger partial charge in [-0.2, -0.15) is 0 Å². The van der Waals surface area contributed by atoms with Gasteiger partial charge in [0.1, 0.15) is 5.57 Å². The van der Waals surface area contributed by atoms with E-state index < -0.39 is 29.5 Å². The molecule has 0 saturated carbocycles. The first kappa shape index (κ1) is 15.6. The van der Waals surface area contributed by atoms with Crippen LogP contribution >= 0.6 is 0 Å². The highest BCUT2D eigenvalue weighted by Gasteiger charge is 2.49. The van der Waals surface area contributed by atoms with Gasteiger partial charge in [-0.15, -0.1) is 0 Å². The first-order valence-corrected chi connectivity index (χ1v) is 6.59. The lowest BCUT2D eigenvalue weighted by atomic mass is 10.1. The third-order valence-electron chi connectivity index (χ3n) is 3.17. The number of carbonyl (C=O) groups is 3. The van der Waals surface area contributed by atoms with Crippen molar-refractivity contribution in [2.45, 2.75) is 13.0 Å². The molecule has 1 unspecified atom stereocenters. The highest BCUT2D eigenvalue weighted by atomic mass is 16.5. The van der Waals surface area contributed by atoms with Crippen LogP contribution in [0.4, 0.5) is 5.69 Å². The summed E-state index contributed by atoms with van der Waals surface area (Å²) in [5.74, 6) is -3.26. The van der Waals surface area contributed by atoms with Crippen molar-refractivity contribution in [2.24, 2.45) is 0 Å². The van der Waals surface area contributed by atoms with Crippen LogP contribution in [0.2, 0.25) is 0 Å². The number of carboxylic acid groups (broad SMARTS) is 1. The lowest BCUT2D eigenvalue weighted by molar-refractivity contribution is -0.143. The fourth-order valence-electron chi connectivity index (χ4n) is 2.28. The summed E-state index contributed by atoms with van der Waals surface area (Å²) in [6.45, 7) is 1.73. The number of para-hydroxylation sites is 1. The number of ether oxygens (including phenoxy) is 2. The number of rotatable bonds is 5. The second-order valence-corrected chi connectivity index (χ2v) is 4.42. The van der Waals surface area contributed by atoms with E-state index in [1.807, 2.05) is 0 Å². The third-order valence-corrected chi connectivity index (χ3v) is 3.17. The molecule has 0 bridgehead atoms. The molecular formula is C15H15NO6. The average Bonchev–Trinajstić information content (AvgIpc) is 2.81. The summed E-state index contributed by atoms with van der Waals surface area (Å²) in [5, 5.41) is 9.38. The summed E-state index contributed by atoms with van der Waals surface area (Å²) in [4.78, 5) is 37.1. The van der Waals surface area contributed by atoms with E-state index in [0.29, 0.717) is 5.69 Å². The molecule has 0 aromatic heterocycles. The molecule has 1 heterocycles. The monoisotopic (exact) mass is 305 g/mol. The van der Waals surface area contributed by atoms with Gasteiger partial charge in [0.05, 0.1) is 13.7 Å². The molecule has 1 aliphatic heterocycles. The summed E-state index contributed by atoms with van der Waals surface area (Å²) < 4.78 is 9.82. The Morgan fingerprint density at radius 3 is 2.41 bits per heavy atom. The summed E-state index contributed by atoms with van der Waals surface area (Å²) in [7, 11) is 1.13. The summed E-state index contributed by atoms with van der Waals surface area (Å²) in [6.07, 6.45) is 0. The maximum absolute atomic E-state index is 12.5. The predicted octanol–water partition coefficient (Wildman–Crippen LogP) is 0.950. The number of aliphatic carboxylic acids is 1. The Balaban J connectivity index is 2.59.